The van der Waals surface area contributed by atoms with Crippen molar-refractivity contribution in [2.45, 2.75) is 31.1 Å². The summed E-state index contributed by atoms with van der Waals surface area (Å²) in [6.07, 6.45) is 1.82. The molecule has 1 amide bonds. The van der Waals surface area contributed by atoms with E-state index >= 15 is 0 Å². The Balaban J connectivity index is 1.43. The molecule has 0 bridgehead atoms. The molecule has 0 saturated carbocycles. The third kappa shape index (κ3) is 3.88. The van der Waals surface area contributed by atoms with Gasteiger partial charge in [-0.25, -0.2) is 13.0 Å². The van der Waals surface area contributed by atoms with Crippen LogP contribution in [0.2, 0.25) is 0 Å². The minimum atomic E-state index is -3.74. The first-order valence-corrected chi connectivity index (χ1v) is 11.0. The summed E-state index contributed by atoms with van der Waals surface area (Å²) in [6, 6.07) is 12.5. The number of amides is 1. The lowest BCUT2D eigenvalue weighted by atomic mass is 9.97. The largest absolute Gasteiger partial charge is 0.326 e. The highest BCUT2D eigenvalue weighted by Gasteiger charge is 2.33. The van der Waals surface area contributed by atoms with Gasteiger partial charge >= 0.3 is 0 Å². The minimum Gasteiger partial charge on any atom is -0.326 e. The zero-order valence-corrected chi connectivity index (χ0v) is 16.9. The van der Waals surface area contributed by atoms with Gasteiger partial charge in [0, 0.05) is 24.7 Å². The van der Waals surface area contributed by atoms with Crippen LogP contribution in [0, 0.1) is 5.92 Å². The van der Waals surface area contributed by atoms with Crippen LogP contribution in [0.1, 0.15) is 25.3 Å². The maximum atomic E-state index is 13.1. The zero-order chi connectivity index (χ0) is 20.4. The van der Waals surface area contributed by atoms with Crippen molar-refractivity contribution in [3.63, 3.8) is 0 Å². The molecule has 29 heavy (non-hydrogen) atoms. The van der Waals surface area contributed by atoms with Gasteiger partial charge in [0.15, 0.2) is 5.52 Å². The SMILES string of the molecule is CCc1cccc(NC(=O)C2CCN(S(=O)(=O)c3cccc4nonc34)CC2)c1. The number of nitrogens with zero attached hydrogens (tertiary/aromatic N) is 3. The maximum Gasteiger partial charge on any atom is 0.245 e. The fourth-order valence-electron chi connectivity index (χ4n) is 3.60. The van der Waals surface area contributed by atoms with Gasteiger partial charge in [-0.05, 0) is 59.4 Å². The lowest BCUT2D eigenvalue weighted by Gasteiger charge is -2.30. The molecule has 1 aliphatic rings. The van der Waals surface area contributed by atoms with E-state index in [1.807, 2.05) is 24.3 Å². The minimum absolute atomic E-state index is 0.0712. The molecule has 0 unspecified atom stereocenters. The number of benzene rings is 2. The lowest BCUT2D eigenvalue weighted by Crippen LogP contribution is -2.41. The molecular weight excluding hydrogens is 392 g/mol. The van der Waals surface area contributed by atoms with Crippen LogP contribution in [0.4, 0.5) is 5.69 Å². The van der Waals surface area contributed by atoms with E-state index in [1.165, 1.54) is 10.4 Å². The van der Waals surface area contributed by atoms with Gasteiger partial charge in [-0.15, -0.1) is 0 Å². The standard InChI is InChI=1S/C20H22N4O4S/c1-2-14-5-3-6-16(13-14)21-20(25)15-9-11-24(12-10-15)29(26,27)18-8-4-7-17-19(18)23-28-22-17/h3-8,13,15H,2,9-12H2,1H3,(H,21,25). The fourth-order valence-corrected chi connectivity index (χ4v) is 5.21. The first-order chi connectivity index (χ1) is 14.0. The number of hydrogen-bond donors (Lipinski definition) is 1. The Morgan fingerprint density at radius 1 is 1.17 bits per heavy atom. The zero-order valence-electron chi connectivity index (χ0n) is 16.0. The van der Waals surface area contributed by atoms with Crippen molar-refractivity contribution in [2.75, 3.05) is 18.4 Å². The third-order valence-electron chi connectivity index (χ3n) is 5.29. The Morgan fingerprint density at radius 2 is 1.93 bits per heavy atom. The number of aryl methyl sites for hydroxylation is 1. The van der Waals surface area contributed by atoms with Gasteiger partial charge in [0.2, 0.25) is 15.9 Å². The quantitative estimate of drug-likeness (QED) is 0.688. The first kappa shape index (κ1) is 19.5. The molecular formula is C20H22N4O4S. The predicted octanol–water partition coefficient (Wildman–Crippen LogP) is 2.82. The number of hydrogen-bond acceptors (Lipinski definition) is 6. The maximum absolute atomic E-state index is 13.1. The fraction of sp³-hybridized carbons (Fsp3) is 0.350. The van der Waals surface area contributed by atoms with Gasteiger partial charge in [-0.1, -0.05) is 25.1 Å². The van der Waals surface area contributed by atoms with Crippen molar-refractivity contribution >= 4 is 32.7 Å². The molecule has 0 spiro atoms. The van der Waals surface area contributed by atoms with Crippen LogP contribution in [0.25, 0.3) is 11.0 Å². The average Bonchev–Trinajstić information content (AvgIpc) is 3.22. The summed E-state index contributed by atoms with van der Waals surface area (Å²) in [5.41, 5.74) is 2.55. The van der Waals surface area contributed by atoms with E-state index in [1.54, 1.807) is 12.1 Å². The van der Waals surface area contributed by atoms with Gasteiger partial charge in [-0.2, -0.15) is 4.31 Å². The first-order valence-electron chi connectivity index (χ1n) is 9.60. The van der Waals surface area contributed by atoms with Gasteiger partial charge in [0.25, 0.3) is 0 Å². The molecule has 9 heteroatoms. The molecule has 1 fully saturated rings. The highest BCUT2D eigenvalue weighted by atomic mass is 32.2. The monoisotopic (exact) mass is 414 g/mol. The number of fused-ring (bicyclic) bond motifs is 1. The molecule has 1 aromatic heterocycles. The summed E-state index contributed by atoms with van der Waals surface area (Å²) in [6.45, 7) is 2.61. The molecule has 8 nitrogen and oxygen atoms in total. The number of nitrogens with one attached hydrogen (secondary N) is 1. The Hall–Kier alpha value is -2.78. The molecule has 2 aromatic carbocycles. The Bertz CT molecular complexity index is 1130. The average molecular weight is 414 g/mol. The van der Waals surface area contributed by atoms with Crippen LogP contribution in [0.15, 0.2) is 52.0 Å². The second-order valence-electron chi connectivity index (χ2n) is 7.11. The summed E-state index contributed by atoms with van der Waals surface area (Å²) in [4.78, 5) is 12.7. The van der Waals surface area contributed by atoms with Gasteiger partial charge in [0.05, 0.1) is 0 Å². The van der Waals surface area contributed by atoms with Crippen molar-refractivity contribution in [2.24, 2.45) is 5.92 Å². The highest BCUT2D eigenvalue weighted by molar-refractivity contribution is 7.89. The molecule has 0 radical (unpaired) electrons. The molecule has 3 aromatic rings. The molecule has 0 atom stereocenters. The van der Waals surface area contributed by atoms with Crippen molar-refractivity contribution in [3.05, 3.63) is 48.0 Å². The molecule has 1 aliphatic heterocycles. The summed E-state index contributed by atoms with van der Waals surface area (Å²) in [5.74, 6) is -0.297. The van der Waals surface area contributed by atoms with Crippen LogP contribution in [-0.2, 0) is 21.2 Å². The molecule has 0 aliphatic carbocycles. The summed E-state index contributed by atoms with van der Waals surface area (Å²) in [7, 11) is -3.74. The Morgan fingerprint density at radius 3 is 2.69 bits per heavy atom. The number of anilines is 1. The van der Waals surface area contributed by atoms with Crippen LogP contribution in [0.3, 0.4) is 0 Å². The van der Waals surface area contributed by atoms with Gasteiger partial charge in [-0.3, -0.25) is 4.79 Å². The van der Waals surface area contributed by atoms with E-state index in [9.17, 15) is 13.2 Å². The van der Waals surface area contributed by atoms with Crippen molar-refractivity contribution in [1.82, 2.24) is 14.6 Å². The second kappa shape index (κ2) is 7.92. The Labute approximate surface area is 168 Å². The molecule has 1 N–H and O–H groups in total. The smallest absolute Gasteiger partial charge is 0.245 e. The van der Waals surface area contributed by atoms with E-state index < -0.39 is 10.0 Å². The third-order valence-corrected chi connectivity index (χ3v) is 7.22. The van der Waals surface area contributed by atoms with Crippen LogP contribution in [0.5, 0.6) is 0 Å². The van der Waals surface area contributed by atoms with Crippen molar-refractivity contribution in [3.8, 4) is 0 Å². The van der Waals surface area contributed by atoms with E-state index in [2.05, 4.69) is 27.2 Å². The number of aromatic nitrogens is 2. The van der Waals surface area contributed by atoms with Crippen LogP contribution < -0.4 is 5.32 Å². The van der Waals surface area contributed by atoms with Gasteiger partial charge < -0.3 is 5.32 Å². The second-order valence-corrected chi connectivity index (χ2v) is 9.02. The molecule has 152 valence electrons. The van der Waals surface area contributed by atoms with Crippen LogP contribution >= 0.6 is 0 Å². The summed E-state index contributed by atoms with van der Waals surface area (Å²) >= 11 is 0. The summed E-state index contributed by atoms with van der Waals surface area (Å²) < 4.78 is 32.2. The van der Waals surface area contributed by atoms with E-state index in [-0.39, 0.29) is 35.3 Å². The molecule has 1 saturated heterocycles. The van der Waals surface area contributed by atoms with E-state index in [0.29, 0.717) is 18.4 Å². The van der Waals surface area contributed by atoms with Crippen molar-refractivity contribution < 1.29 is 17.8 Å². The predicted molar refractivity (Wildman–Crippen MR) is 108 cm³/mol. The topological polar surface area (TPSA) is 105 Å². The van der Waals surface area contributed by atoms with Crippen molar-refractivity contribution in [1.29, 1.82) is 0 Å². The number of sulfonamides is 1. The Kier molecular flexibility index (Phi) is 5.33. The normalized spacial score (nSPS) is 16.2. The van der Waals surface area contributed by atoms with Gasteiger partial charge in [0.1, 0.15) is 10.4 Å². The lowest BCUT2D eigenvalue weighted by molar-refractivity contribution is -0.120. The number of carbonyl (C=O) groups excluding carboxylic acids is 1. The number of rotatable bonds is 5. The van der Waals surface area contributed by atoms with E-state index in [0.717, 1.165) is 17.7 Å². The number of piperidine rings is 1. The summed E-state index contributed by atoms with van der Waals surface area (Å²) in [5, 5.41) is 10.4. The van der Waals surface area contributed by atoms with Crippen LogP contribution in [-0.4, -0.2) is 42.0 Å². The molecule has 2 heterocycles. The highest BCUT2D eigenvalue weighted by Crippen LogP contribution is 2.28. The van der Waals surface area contributed by atoms with E-state index in [4.69, 9.17) is 0 Å². The number of carbonyl (C=O) groups is 1. The molecule has 4 rings (SSSR count).